The van der Waals surface area contributed by atoms with Gasteiger partial charge >= 0.3 is 18.2 Å². The highest BCUT2D eigenvalue weighted by atomic mass is 35.6. The first-order valence-corrected chi connectivity index (χ1v) is 24.0. The number of amides is 1. The highest BCUT2D eigenvalue weighted by Crippen LogP contribution is 2.38. The lowest BCUT2D eigenvalue weighted by atomic mass is 9.73. The molecule has 1 heterocycles. The summed E-state index contributed by atoms with van der Waals surface area (Å²) in [4.78, 5) is 56.7. The maximum absolute atomic E-state index is 14.4. The Labute approximate surface area is 360 Å². The molecule has 5 atom stereocenters. The minimum atomic E-state index is -2.33. The summed E-state index contributed by atoms with van der Waals surface area (Å²) >= 11 is 18.9. The predicted molar refractivity (Wildman–Crippen MR) is 234 cm³/mol. The van der Waals surface area contributed by atoms with Crippen LogP contribution in [0.5, 0.6) is 0 Å². The smallest absolute Gasteiger partial charge is 0.481 e. The number of carbonyl (C=O) groups is 4. The molecule has 0 saturated carbocycles. The Balaban J connectivity index is 3.39. The van der Waals surface area contributed by atoms with Gasteiger partial charge in [-0.15, -0.1) is 11.3 Å². The van der Waals surface area contributed by atoms with Crippen LogP contribution in [0.25, 0.3) is 6.08 Å². The van der Waals surface area contributed by atoms with E-state index in [9.17, 15) is 24.3 Å². The lowest BCUT2D eigenvalue weighted by molar-refractivity contribution is -0.147. The molecule has 11 nitrogen and oxygen atoms in total. The SMILES string of the molecule is CC[Si](CC)(CC)O[C@@H](CC(=O)O)C(C)(C)C(=O)[C@H](C)[C@@H](OC(=O)OCC(Cl)(Cl)Cl)[C@@H](C)C/C=C/C(C)=C\C[C@H](NC(=O)OC(C)(C)C)/C(C)=C/c1csc(C)n1. The number of aromatic nitrogens is 1. The zero-order valence-corrected chi connectivity index (χ0v) is 40.0. The molecule has 0 radical (unpaired) electrons. The van der Waals surface area contributed by atoms with Crippen molar-refractivity contribution in [1.82, 2.24) is 10.3 Å². The van der Waals surface area contributed by atoms with Gasteiger partial charge in [0.25, 0.3) is 0 Å². The standard InChI is InChI=1S/C41H65Cl3N2O9SSi/c1-14-57(15-2,16-3)55-33(23-34(47)48)40(12,13)36(49)29(7)35(53-38(51)52-25-41(42,43)44)27(5)19-17-18-26(4)20-21-32(46-37(50)54-39(9,10)11)28(6)22-31-24-56-30(8)45-31/h17-18,20,22,24,27,29,32-33,35H,14-16,19,21,23,25H2,1-13H3,(H,46,50)(H,47,48)/b18-17+,26-20-,28-22+/t27-,29+,32-,33-,35-/m0/s1. The zero-order valence-electron chi connectivity index (χ0n) is 35.9. The number of ketones is 1. The Morgan fingerprint density at radius 2 is 1.60 bits per heavy atom. The molecule has 1 aromatic rings. The Bertz CT molecular complexity index is 1570. The fourth-order valence-electron chi connectivity index (χ4n) is 6.36. The molecule has 0 aliphatic heterocycles. The van der Waals surface area contributed by atoms with Crippen molar-refractivity contribution in [2.24, 2.45) is 17.3 Å². The van der Waals surface area contributed by atoms with Gasteiger partial charge in [-0.2, -0.15) is 0 Å². The average Bonchev–Trinajstić information content (AvgIpc) is 3.51. The van der Waals surface area contributed by atoms with Crippen molar-refractivity contribution < 1.29 is 42.9 Å². The molecule has 0 aliphatic carbocycles. The van der Waals surface area contributed by atoms with Crippen molar-refractivity contribution in [3.05, 3.63) is 45.5 Å². The van der Waals surface area contributed by atoms with Crippen LogP contribution in [0.4, 0.5) is 9.59 Å². The van der Waals surface area contributed by atoms with E-state index >= 15 is 0 Å². The second kappa shape index (κ2) is 23.4. The number of carbonyl (C=O) groups excluding carboxylic acids is 3. The molecule has 0 fully saturated rings. The van der Waals surface area contributed by atoms with Crippen molar-refractivity contribution in [3.63, 3.8) is 0 Å². The van der Waals surface area contributed by atoms with E-state index in [2.05, 4.69) is 10.3 Å². The van der Waals surface area contributed by atoms with Crippen molar-refractivity contribution >= 4 is 84.5 Å². The molecule has 1 amide bonds. The van der Waals surface area contributed by atoms with E-state index in [0.717, 1.165) is 40.0 Å². The maximum atomic E-state index is 14.4. The largest absolute Gasteiger partial charge is 0.508 e. The van der Waals surface area contributed by atoms with E-state index in [1.54, 1.807) is 52.9 Å². The summed E-state index contributed by atoms with van der Waals surface area (Å²) in [5, 5.41) is 15.7. The molecule has 0 unspecified atom stereocenters. The highest BCUT2D eigenvalue weighted by molar-refractivity contribution is 7.09. The number of rotatable bonds is 22. The van der Waals surface area contributed by atoms with Crippen LogP contribution in [0.3, 0.4) is 0 Å². The first kappa shape index (κ1) is 52.6. The van der Waals surface area contributed by atoms with Gasteiger partial charge in [0.05, 0.1) is 35.2 Å². The summed E-state index contributed by atoms with van der Waals surface area (Å²) in [6.45, 7) is 23.6. The van der Waals surface area contributed by atoms with E-state index in [-0.39, 0.29) is 18.2 Å². The Kier molecular flexibility index (Phi) is 21.6. The number of halogens is 3. The number of nitrogens with zero attached hydrogens (tertiary/aromatic N) is 1. The number of allylic oxidation sites excluding steroid dienone is 3. The molecule has 0 aromatic carbocycles. The number of thiazole rings is 1. The highest BCUT2D eigenvalue weighted by Gasteiger charge is 2.47. The number of hydrogen-bond donors (Lipinski definition) is 2. The van der Waals surface area contributed by atoms with Crippen LogP contribution in [0.15, 0.2) is 34.8 Å². The first-order chi connectivity index (χ1) is 26.2. The van der Waals surface area contributed by atoms with Crippen LogP contribution in [0.1, 0.15) is 113 Å². The number of hydrogen-bond acceptors (Lipinski definition) is 10. The third-order valence-electron chi connectivity index (χ3n) is 10.00. The molecule has 2 N–H and O–H groups in total. The number of nitrogens with one attached hydrogen (secondary N) is 1. The molecule has 57 heavy (non-hydrogen) atoms. The van der Waals surface area contributed by atoms with Crippen molar-refractivity contribution in [3.8, 4) is 0 Å². The molecule has 0 spiro atoms. The monoisotopic (exact) mass is 894 g/mol. The molecule has 324 valence electrons. The number of carboxylic acids is 1. The van der Waals surface area contributed by atoms with Crippen LogP contribution >= 0.6 is 46.1 Å². The quantitative estimate of drug-likeness (QED) is 0.0498. The van der Waals surface area contributed by atoms with E-state index in [1.165, 1.54) is 0 Å². The van der Waals surface area contributed by atoms with Crippen LogP contribution in [0.2, 0.25) is 18.1 Å². The van der Waals surface area contributed by atoms with Gasteiger partial charge in [-0.05, 0) is 90.1 Å². The van der Waals surface area contributed by atoms with Crippen LogP contribution in [0, 0.1) is 24.2 Å². The van der Waals surface area contributed by atoms with Crippen LogP contribution < -0.4 is 5.32 Å². The van der Waals surface area contributed by atoms with E-state index in [0.29, 0.717) is 12.8 Å². The third kappa shape index (κ3) is 19.0. The number of alkyl carbamates (subject to hydrolysis) is 1. The average molecular weight is 896 g/mol. The molecular weight excluding hydrogens is 831 g/mol. The second-order valence-corrected chi connectivity index (χ2v) is 24.5. The van der Waals surface area contributed by atoms with Gasteiger partial charge in [-0.3, -0.25) is 9.59 Å². The van der Waals surface area contributed by atoms with Crippen molar-refractivity contribution in [2.45, 2.75) is 155 Å². The van der Waals surface area contributed by atoms with E-state index in [4.69, 9.17) is 53.4 Å². The summed E-state index contributed by atoms with van der Waals surface area (Å²) in [5.74, 6) is -2.69. The molecule has 0 saturated heterocycles. The van der Waals surface area contributed by atoms with Gasteiger partial charge in [0.15, 0.2) is 8.32 Å². The number of Topliss-reactive ketones (excluding diaryl/α,β-unsaturated/α-hetero) is 1. The number of aliphatic carboxylic acids is 1. The van der Waals surface area contributed by atoms with Gasteiger partial charge in [-0.1, -0.05) is 107 Å². The van der Waals surface area contributed by atoms with Gasteiger partial charge < -0.3 is 29.1 Å². The van der Waals surface area contributed by atoms with Crippen LogP contribution in [-0.4, -0.2) is 76.7 Å². The first-order valence-electron chi connectivity index (χ1n) is 19.5. The number of carboxylic acid groups (broad SMARTS) is 1. The lowest BCUT2D eigenvalue weighted by Gasteiger charge is -2.42. The summed E-state index contributed by atoms with van der Waals surface area (Å²) in [5.41, 5.74) is 0.710. The third-order valence-corrected chi connectivity index (χ3v) is 15.8. The molecule has 16 heteroatoms. The lowest BCUT2D eigenvalue weighted by Crippen LogP contribution is -2.51. The van der Waals surface area contributed by atoms with Gasteiger partial charge in [0.1, 0.15) is 24.1 Å². The summed E-state index contributed by atoms with van der Waals surface area (Å²) < 4.78 is 21.2. The number of alkyl halides is 3. The predicted octanol–water partition coefficient (Wildman–Crippen LogP) is 11.7. The molecule has 0 bridgehead atoms. The van der Waals surface area contributed by atoms with Gasteiger partial charge in [-0.25, -0.2) is 14.6 Å². The fraction of sp³-hybridized carbons (Fsp3) is 0.683. The van der Waals surface area contributed by atoms with Crippen LogP contribution in [-0.2, 0) is 28.2 Å². The summed E-state index contributed by atoms with van der Waals surface area (Å²) in [6.07, 6.45) is 4.76. The normalized spacial score (nSPS) is 16.1. The van der Waals surface area contributed by atoms with E-state index in [1.807, 2.05) is 78.2 Å². The molecule has 1 rings (SSSR count). The van der Waals surface area contributed by atoms with Gasteiger partial charge in [0.2, 0.25) is 3.79 Å². The number of aryl methyl sites for hydroxylation is 1. The minimum absolute atomic E-state index is 0.314. The van der Waals surface area contributed by atoms with Gasteiger partial charge in [0, 0.05) is 10.8 Å². The zero-order chi connectivity index (χ0) is 43.9. The fourth-order valence-corrected chi connectivity index (χ4v) is 10.1. The Morgan fingerprint density at radius 3 is 2.09 bits per heavy atom. The summed E-state index contributed by atoms with van der Waals surface area (Å²) in [6, 6.07) is 1.96. The Morgan fingerprint density at radius 1 is 1.00 bits per heavy atom. The van der Waals surface area contributed by atoms with Crippen molar-refractivity contribution in [1.29, 1.82) is 0 Å². The van der Waals surface area contributed by atoms with Crippen molar-refractivity contribution in [2.75, 3.05) is 6.61 Å². The second-order valence-electron chi connectivity index (χ2n) is 16.2. The summed E-state index contributed by atoms with van der Waals surface area (Å²) in [7, 11) is -2.33. The molecular formula is C41H65Cl3N2O9SSi. The Hall–Kier alpha value is -2.42. The minimum Gasteiger partial charge on any atom is -0.481 e. The molecule has 1 aromatic heterocycles. The van der Waals surface area contributed by atoms with E-state index < -0.39 is 72.0 Å². The topological polar surface area (TPSA) is 150 Å². The maximum Gasteiger partial charge on any atom is 0.508 e. The molecule has 0 aliphatic rings. The number of ether oxygens (including phenoxy) is 3.